The maximum atomic E-state index is 4.55. The summed E-state index contributed by atoms with van der Waals surface area (Å²) in [6, 6.07) is 6.17. The van der Waals surface area contributed by atoms with Gasteiger partial charge in [-0.05, 0) is 37.5 Å². The Kier molecular flexibility index (Phi) is 3.24. The van der Waals surface area contributed by atoms with Crippen LogP contribution in [-0.2, 0) is 6.42 Å². The maximum absolute atomic E-state index is 4.55. The van der Waals surface area contributed by atoms with Crippen molar-refractivity contribution in [2.45, 2.75) is 27.2 Å². The zero-order valence-electron chi connectivity index (χ0n) is 9.79. The maximum Gasteiger partial charge on any atom is 0.126 e. The van der Waals surface area contributed by atoms with Crippen LogP contribution in [-0.4, -0.2) is 9.97 Å². The van der Waals surface area contributed by atoms with Gasteiger partial charge < -0.3 is 0 Å². The van der Waals surface area contributed by atoms with Gasteiger partial charge in [0, 0.05) is 9.86 Å². The minimum absolute atomic E-state index is 0.608. The van der Waals surface area contributed by atoms with Crippen LogP contribution in [0.15, 0.2) is 22.7 Å². The quantitative estimate of drug-likeness (QED) is 0.833. The highest BCUT2D eigenvalue weighted by Gasteiger charge is 2.07. The van der Waals surface area contributed by atoms with Crippen molar-refractivity contribution >= 4 is 26.8 Å². The first-order valence-corrected chi connectivity index (χ1v) is 6.28. The molecular weight excluding hydrogens is 264 g/mol. The molecule has 0 bridgehead atoms. The van der Waals surface area contributed by atoms with Crippen molar-refractivity contribution in [2.24, 2.45) is 5.92 Å². The number of nitrogens with zero attached hydrogens (tertiary/aromatic N) is 2. The Morgan fingerprint density at radius 2 is 2.00 bits per heavy atom. The Balaban J connectivity index is 2.64. The number of aromatic nitrogens is 2. The van der Waals surface area contributed by atoms with Crippen molar-refractivity contribution < 1.29 is 0 Å². The first kappa shape index (κ1) is 11.5. The summed E-state index contributed by atoms with van der Waals surface area (Å²) in [4.78, 5) is 9.00. The molecule has 2 aromatic rings. The molecule has 0 saturated carbocycles. The molecule has 0 spiro atoms. The zero-order chi connectivity index (χ0) is 11.7. The molecule has 0 aliphatic heterocycles. The molecule has 0 atom stereocenters. The monoisotopic (exact) mass is 278 g/mol. The predicted octanol–water partition coefficient (Wildman–Crippen LogP) is 3.90. The van der Waals surface area contributed by atoms with Crippen molar-refractivity contribution in [1.29, 1.82) is 0 Å². The SMILES string of the molecule is Cc1nc(CC(C)C)c2cc(Br)ccc2n1. The lowest BCUT2D eigenvalue weighted by Crippen LogP contribution is -2.02. The average Bonchev–Trinajstić information content (AvgIpc) is 2.18. The summed E-state index contributed by atoms with van der Waals surface area (Å²) in [5, 5.41) is 1.16. The van der Waals surface area contributed by atoms with Gasteiger partial charge in [0.1, 0.15) is 5.82 Å². The van der Waals surface area contributed by atoms with Crippen LogP contribution in [0.4, 0.5) is 0 Å². The lowest BCUT2D eigenvalue weighted by atomic mass is 10.0. The number of hydrogen-bond donors (Lipinski definition) is 0. The lowest BCUT2D eigenvalue weighted by molar-refractivity contribution is 0.636. The summed E-state index contributed by atoms with van der Waals surface area (Å²) in [5.74, 6) is 1.46. The largest absolute Gasteiger partial charge is 0.238 e. The minimum atomic E-state index is 0.608. The number of aryl methyl sites for hydroxylation is 1. The predicted molar refractivity (Wildman–Crippen MR) is 70.5 cm³/mol. The van der Waals surface area contributed by atoms with E-state index in [2.05, 4.69) is 45.8 Å². The highest BCUT2D eigenvalue weighted by atomic mass is 79.9. The van der Waals surface area contributed by atoms with E-state index >= 15 is 0 Å². The Bertz CT molecular complexity index is 521. The van der Waals surface area contributed by atoms with Crippen molar-refractivity contribution in [3.8, 4) is 0 Å². The van der Waals surface area contributed by atoms with Crippen LogP contribution in [0.5, 0.6) is 0 Å². The molecule has 1 aromatic carbocycles. The number of hydrogen-bond acceptors (Lipinski definition) is 2. The molecule has 1 heterocycles. The molecule has 0 saturated heterocycles. The van der Waals surface area contributed by atoms with E-state index in [4.69, 9.17) is 0 Å². The third-order valence-corrected chi connectivity index (χ3v) is 2.94. The van der Waals surface area contributed by atoms with Crippen molar-refractivity contribution in [2.75, 3.05) is 0 Å². The summed E-state index contributed by atoms with van der Waals surface area (Å²) >= 11 is 3.50. The van der Waals surface area contributed by atoms with Crippen LogP contribution in [0.3, 0.4) is 0 Å². The summed E-state index contributed by atoms with van der Waals surface area (Å²) in [6.07, 6.45) is 0.996. The van der Waals surface area contributed by atoms with E-state index in [1.165, 1.54) is 0 Å². The normalized spacial score (nSPS) is 11.3. The van der Waals surface area contributed by atoms with E-state index < -0.39 is 0 Å². The number of rotatable bonds is 2. The Morgan fingerprint density at radius 1 is 1.25 bits per heavy atom. The Morgan fingerprint density at radius 3 is 2.69 bits per heavy atom. The van der Waals surface area contributed by atoms with Crippen LogP contribution in [0, 0.1) is 12.8 Å². The number of fused-ring (bicyclic) bond motifs is 1. The fourth-order valence-electron chi connectivity index (χ4n) is 1.83. The van der Waals surface area contributed by atoms with Gasteiger partial charge in [0.25, 0.3) is 0 Å². The zero-order valence-corrected chi connectivity index (χ0v) is 11.4. The second kappa shape index (κ2) is 4.50. The van der Waals surface area contributed by atoms with E-state index in [-0.39, 0.29) is 0 Å². The van der Waals surface area contributed by atoms with Gasteiger partial charge in [0.05, 0.1) is 11.2 Å². The van der Waals surface area contributed by atoms with E-state index in [1.807, 2.05) is 19.1 Å². The van der Waals surface area contributed by atoms with Crippen LogP contribution in [0.1, 0.15) is 25.4 Å². The summed E-state index contributed by atoms with van der Waals surface area (Å²) in [6.45, 7) is 6.37. The third kappa shape index (κ3) is 2.40. The van der Waals surface area contributed by atoms with Crippen molar-refractivity contribution in [3.63, 3.8) is 0 Å². The van der Waals surface area contributed by atoms with Gasteiger partial charge in [-0.3, -0.25) is 0 Å². The molecule has 16 heavy (non-hydrogen) atoms. The molecule has 3 heteroatoms. The second-order valence-electron chi connectivity index (χ2n) is 4.48. The van der Waals surface area contributed by atoms with Crippen molar-refractivity contribution in [1.82, 2.24) is 9.97 Å². The fraction of sp³-hybridized carbons (Fsp3) is 0.385. The van der Waals surface area contributed by atoms with Gasteiger partial charge in [0.2, 0.25) is 0 Å². The molecule has 0 radical (unpaired) electrons. The Labute approximate surface area is 104 Å². The van der Waals surface area contributed by atoms with E-state index in [9.17, 15) is 0 Å². The first-order valence-electron chi connectivity index (χ1n) is 5.49. The van der Waals surface area contributed by atoms with Gasteiger partial charge in [-0.25, -0.2) is 9.97 Å². The van der Waals surface area contributed by atoms with Gasteiger partial charge in [-0.15, -0.1) is 0 Å². The molecule has 2 rings (SSSR count). The van der Waals surface area contributed by atoms with Crippen LogP contribution in [0.2, 0.25) is 0 Å². The average molecular weight is 279 g/mol. The molecule has 0 N–H and O–H groups in total. The number of halogens is 1. The standard InChI is InChI=1S/C13H15BrN2/c1-8(2)6-13-11-7-10(14)4-5-12(11)15-9(3)16-13/h4-5,7-8H,6H2,1-3H3. The van der Waals surface area contributed by atoms with Gasteiger partial charge >= 0.3 is 0 Å². The topological polar surface area (TPSA) is 25.8 Å². The fourth-order valence-corrected chi connectivity index (χ4v) is 2.20. The molecule has 0 aliphatic carbocycles. The first-order chi connectivity index (χ1) is 7.56. The smallest absolute Gasteiger partial charge is 0.126 e. The summed E-state index contributed by atoms with van der Waals surface area (Å²) in [5.41, 5.74) is 2.19. The summed E-state index contributed by atoms with van der Waals surface area (Å²) in [7, 11) is 0. The Hall–Kier alpha value is -0.960. The molecule has 0 fully saturated rings. The molecule has 1 aromatic heterocycles. The van der Waals surface area contributed by atoms with Crippen molar-refractivity contribution in [3.05, 3.63) is 34.2 Å². The molecule has 84 valence electrons. The minimum Gasteiger partial charge on any atom is -0.238 e. The molecule has 2 nitrogen and oxygen atoms in total. The van der Waals surface area contributed by atoms with E-state index in [0.717, 1.165) is 33.3 Å². The highest BCUT2D eigenvalue weighted by molar-refractivity contribution is 9.10. The molecule has 0 aliphatic rings. The van der Waals surface area contributed by atoms with Gasteiger partial charge in [0.15, 0.2) is 0 Å². The second-order valence-corrected chi connectivity index (χ2v) is 5.39. The van der Waals surface area contributed by atoms with Crippen LogP contribution in [0.25, 0.3) is 10.9 Å². The third-order valence-electron chi connectivity index (χ3n) is 2.45. The van der Waals surface area contributed by atoms with E-state index in [0.29, 0.717) is 5.92 Å². The highest BCUT2D eigenvalue weighted by Crippen LogP contribution is 2.22. The van der Waals surface area contributed by atoms with Crippen LogP contribution >= 0.6 is 15.9 Å². The van der Waals surface area contributed by atoms with Gasteiger partial charge in [-0.1, -0.05) is 29.8 Å². The van der Waals surface area contributed by atoms with Gasteiger partial charge in [-0.2, -0.15) is 0 Å². The lowest BCUT2D eigenvalue weighted by Gasteiger charge is -2.09. The number of benzene rings is 1. The molecular formula is C13H15BrN2. The summed E-state index contributed by atoms with van der Waals surface area (Å²) < 4.78 is 1.08. The molecule has 0 unspecified atom stereocenters. The molecule has 0 amide bonds. The van der Waals surface area contributed by atoms with E-state index in [1.54, 1.807) is 0 Å². The van der Waals surface area contributed by atoms with Crippen LogP contribution < -0.4 is 0 Å².